The Morgan fingerprint density at radius 2 is 0.946 bits per heavy atom. The molecule has 15 aromatic rings. The molecule has 0 saturated heterocycles. The molecule has 0 bridgehead atoms. The fourth-order valence-electron chi connectivity index (χ4n) is 9.84. The number of fused-ring (bicyclic) bond motifs is 8. The van der Waals surface area contributed by atoms with E-state index in [9.17, 15) is 8.78 Å². The number of aryl methyl sites for hydroxylation is 10. The van der Waals surface area contributed by atoms with Crippen molar-refractivity contribution in [2.75, 3.05) is 0 Å². The first-order valence-electron chi connectivity index (χ1n) is 29.3. The van der Waals surface area contributed by atoms with Crippen molar-refractivity contribution in [3.8, 4) is 5.75 Å². The maximum absolute atomic E-state index is 12.9. The molecule has 1 aliphatic heterocycles. The number of furan rings is 2. The van der Waals surface area contributed by atoms with Crippen LogP contribution in [0.5, 0.6) is 5.75 Å². The molecule has 17 heteroatoms. The molecule has 0 aliphatic carbocycles. The van der Waals surface area contributed by atoms with Crippen LogP contribution in [0.3, 0.4) is 0 Å². The Bertz CT molecular complexity index is 4540. The van der Waals surface area contributed by atoms with Crippen LogP contribution >= 0.6 is 80.7 Å². The van der Waals surface area contributed by atoms with E-state index in [1.807, 2.05) is 120 Å². The van der Waals surface area contributed by atoms with Crippen molar-refractivity contribution in [1.82, 2.24) is 24.9 Å². The van der Waals surface area contributed by atoms with Gasteiger partial charge in [-0.15, -0.1) is 22.7 Å². The number of nitrogens with zero attached hydrogens (tertiary/aromatic N) is 4. The van der Waals surface area contributed by atoms with E-state index in [-0.39, 0.29) is 15.9 Å². The SMILES string of the molecule is CC1Cc2cc(Cl)ccc2O1.Cc1cc2cc(Cl)c(F)cc2o1.Cc1cc2cc(Cl)ccc2o1.Cc1ccc2cc(C)ccc2c1.Cc1ccc2nc(C)[nH]c2c1.Cc1ccc2nc(C)ccc2c1.Cc1nc2cc(Cl)c(F)cc2s1.Cc1nc2cc(Cl)ccc2s1. The van der Waals surface area contributed by atoms with Gasteiger partial charge in [0, 0.05) is 49.4 Å². The number of benzene rings is 9. The minimum absolute atomic E-state index is 0.128. The van der Waals surface area contributed by atoms with Crippen molar-refractivity contribution in [2.45, 2.75) is 88.7 Å². The number of aromatic nitrogens is 5. The van der Waals surface area contributed by atoms with Crippen LogP contribution in [-0.2, 0) is 6.42 Å². The Labute approximate surface area is 566 Å². The molecule has 1 unspecified atom stereocenters. The summed E-state index contributed by atoms with van der Waals surface area (Å²) in [6.45, 7) is 22.1. The highest BCUT2D eigenvalue weighted by Crippen LogP contribution is 2.32. The van der Waals surface area contributed by atoms with Crippen LogP contribution in [0.4, 0.5) is 8.78 Å². The second-order valence-corrected chi connectivity index (χ2v) is 26.8. The fraction of sp³-hybridized carbons (Fsp3) is 0.173. The van der Waals surface area contributed by atoms with Gasteiger partial charge in [-0.05, 0) is 213 Å². The first-order chi connectivity index (χ1) is 43.9. The summed E-state index contributed by atoms with van der Waals surface area (Å²) >= 11 is 31.7. The van der Waals surface area contributed by atoms with Gasteiger partial charge >= 0.3 is 0 Å². The number of pyridine rings is 1. The summed E-state index contributed by atoms with van der Waals surface area (Å²) in [4.78, 5) is 20.4. The van der Waals surface area contributed by atoms with E-state index in [0.29, 0.717) is 11.7 Å². The number of rotatable bonds is 0. The monoisotopic (exact) mass is 1360 g/mol. The Morgan fingerprint density at radius 1 is 0.424 bits per heavy atom. The highest BCUT2D eigenvalue weighted by Gasteiger charge is 2.18. The molecule has 0 amide bonds. The summed E-state index contributed by atoms with van der Waals surface area (Å²) in [5, 5.41) is 10.4. The Morgan fingerprint density at radius 3 is 1.63 bits per heavy atom. The number of hydrogen-bond donors (Lipinski definition) is 1. The van der Waals surface area contributed by atoms with E-state index in [2.05, 4.69) is 132 Å². The predicted octanol–water partition coefficient (Wildman–Crippen LogP) is 24.7. The van der Waals surface area contributed by atoms with Gasteiger partial charge in [0.15, 0.2) is 0 Å². The average molecular weight is 1360 g/mol. The molecule has 0 fully saturated rings. The third-order valence-electron chi connectivity index (χ3n) is 14.0. The summed E-state index contributed by atoms with van der Waals surface area (Å²) in [5.41, 5.74) is 14.0. The summed E-state index contributed by atoms with van der Waals surface area (Å²) in [7, 11) is 0. The maximum Gasteiger partial charge on any atom is 0.145 e. The number of imidazole rings is 1. The number of H-pyrrole nitrogens is 1. The van der Waals surface area contributed by atoms with E-state index in [0.717, 1.165) is 109 Å². The minimum atomic E-state index is -0.446. The summed E-state index contributed by atoms with van der Waals surface area (Å²) in [6.07, 6.45) is 1.29. The van der Waals surface area contributed by atoms with Crippen molar-refractivity contribution in [3.63, 3.8) is 0 Å². The molecular formula is C75H66Cl5F2N5O3S2. The van der Waals surface area contributed by atoms with E-state index in [4.69, 9.17) is 71.6 Å². The largest absolute Gasteiger partial charge is 0.490 e. The van der Waals surface area contributed by atoms with Crippen LogP contribution in [0.15, 0.2) is 185 Å². The topological polar surface area (TPSA) is 103 Å². The molecule has 1 aliphatic rings. The number of halogens is 7. The molecule has 7 heterocycles. The molecule has 16 rings (SSSR count). The van der Waals surface area contributed by atoms with Gasteiger partial charge in [0.25, 0.3) is 0 Å². The Kier molecular flexibility index (Phi) is 23.2. The van der Waals surface area contributed by atoms with Crippen molar-refractivity contribution < 1.29 is 22.4 Å². The van der Waals surface area contributed by atoms with E-state index in [1.165, 1.54) is 72.1 Å². The van der Waals surface area contributed by atoms with Gasteiger partial charge in [-0.1, -0.05) is 129 Å². The second kappa shape index (κ2) is 31.1. The molecule has 92 heavy (non-hydrogen) atoms. The van der Waals surface area contributed by atoms with E-state index < -0.39 is 5.82 Å². The Balaban J connectivity index is 0.000000124. The molecule has 0 spiro atoms. The van der Waals surface area contributed by atoms with Gasteiger partial charge < -0.3 is 18.6 Å². The molecule has 1 atom stereocenters. The van der Waals surface area contributed by atoms with Gasteiger partial charge in [-0.25, -0.2) is 23.7 Å². The van der Waals surface area contributed by atoms with Crippen LogP contribution in [-0.4, -0.2) is 31.0 Å². The lowest BCUT2D eigenvalue weighted by atomic mass is 10.1. The lowest BCUT2D eigenvalue weighted by Crippen LogP contribution is -2.05. The molecule has 0 saturated carbocycles. The molecule has 1 N–H and O–H groups in total. The normalized spacial score (nSPS) is 12.0. The van der Waals surface area contributed by atoms with Gasteiger partial charge in [0.2, 0.25) is 0 Å². The average Bonchev–Trinajstić information content (AvgIpc) is 2.21. The lowest BCUT2D eigenvalue weighted by molar-refractivity contribution is 0.254. The molecule has 8 nitrogen and oxygen atoms in total. The van der Waals surface area contributed by atoms with Crippen molar-refractivity contribution in [3.05, 3.63) is 274 Å². The number of aromatic amines is 1. The van der Waals surface area contributed by atoms with Crippen LogP contribution < -0.4 is 4.74 Å². The van der Waals surface area contributed by atoms with Crippen molar-refractivity contribution >= 4 is 156 Å². The maximum atomic E-state index is 12.9. The molecule has 6 aromatic heterocycles. The van der Waals surface area contributed by atoms with E-state index in [1.54, 1.807) is 23.5 Å². The zero-order valence-corrected chi connectivity index (χ0v) is 57.9. The first kappa shape index (κ1) is 68.5. The highest BCUT2D eigenvalue weighted by molar-refractivity contribution is 7.18. The predicted molar refractivity (Wildman–Crippen MR) is 386 cm³/mol. The number of thiazole rings is 2. The summed E-state index contributed by atoms with van der Waals surface area (Å²) in [6, 6.07) is 56.6. The summed E-state index contributed by atoms with van der Waals surface area (Å²) < 4.78 is 43.9. The number of ether oxygens (including phenoxy) is 1. The Hall–Kier alpha value is -7.91. The van der Waals surface area contributed by atoms with Gasteiger partial charge in [0.1, 0.15) is 52.0 Å². The minimum Gasteiger partial charge on any atom is -0.490 e. The third-order valence-corrected chi connectivity index (χ3v) is 17.2. The quantitative estimate of drug-likeness (QED) is 0.161. The summed E-state index contributed by atoms with van der Waals surface area (Å²) in [5.74, 6) is 2.81. The molecule has 9 aromatic carbocycles. The lowest BCUT2D eigenvalue weighted by Gasteiger charge is -2.00. The van der Waals surface area contributed by atoms with Crippen LogP contribution in [0, 0.1) is 80.9 Å². The zero-order valence-electron chi connectivity index (χ0n) is 52.5. The van der Waals surface area contributed by atoms with Crippen molar-refractivity contribution in [2.24, 2.45) is 0 Å². The molecular weight excluding hydrogens is 1300 g/mol. The van der Waals surface area contributed by atoms with Gasteiger partial charge in [-0.3, -0.25) is 4.98 Å². The van der Waals surface area contributed by atoms with Crippen LogP contribution in [0.25, 0.3) is 75.1 Å². The highest BCUT2D eigenvalue weighted by atomic mass is 35.5. The smallest absolute Gasteiger partial charge is 0.145 e. The standard InChI is InChI=1S/C12H12.C11H11N.C9H6ClFO.C9H9ClO.C9H7ClO.C9H10N2.C8H5ClFNS.C8H6ClNS/c1-9-3-5-12-8-10(2)4-6-11(12)7-9;1-8-3-6-11-10(7-8)5-4-9(2)12-11;1-5-2-6-3-7(10)8(11)4-9(6)12-5;2*1-6-4-7-5-8(10)2-3-9(7)11-6;1-6-3-4-8-9(5-6)11-7(2)10-8;1-4-11-7-2-5(9)6(10)3-8(7)12-4;1-5-10-7-4-6(9)2-3-8(7)11-5/h3-8H,1-2H3;3-7H,1-2H3;2-4H,1H3;2-3,5-6H,4H2,1H3;2-5H,1H3;3-5H,1-2H3,(H,10,11);2-3H,1H3;2-4H,1H3. The van der Waals surface area contributed by atoms with Crippen LogP contribution in [0.1, 0.15) is 67.8 Å². The zero-order chi connectivity index (χ0) is 65.9. The van der Waals surface area contributed by atoms with Gasteiger partial charge in [0.05, 0.1) is 57.0 Å². The number of hydrogen-bond acceptors (Lipinski definition) is 9. The number of nitrogens with one attached hydrogen (secondary N) is 1. The van der Waals surface area contributed by atoms with Gasteiger partial charge in [-0.2, -0.15) is 0 Å². The van der Waals surface area contributed by atoms with Crippen LogP contribution in [0.2, 0.25) is 25.1 Å². The molecule has 0 radical (unpaired) electrons. The third kappa shape index (κ3) is 19.1. The first-order valence-corrected chi connectivity index (χ1v) is 32.8. The van der Waals surface area contributed by atoms with Crippen molar-refractivity contribution in [1.29, 1.82) is 0 Å². The second-order valence-electron chi connectivity index (χ2n) is 22.2. The van der Waals surface area contributed by atoms with E-state index >= 15 is 0 Å². The fourth-order valence-corrected chi connectivity index (χ4v) is 12.4. The molecule has 470 valence electrons.